The zero-order valence-corrected chi connectivity index (χ0v) is 10.7. The fourth-order valence-corrected chi connectivity index (χ4v) is 2.13. The molecule has 1 saturated heterocycles. The van der Waals surface area contributed by atoms with Crippen LogP contribution in [0.4, 0.5) is 0 Å². The summed E-state index contributed by atoms with van der Waals surface area (Å²) < 4.78 is 0. The number of amides is 1. The summed E-state index contributed by atoms with van der Waals surface area (Å²) in [6, 6.07) is 7.92. The number of hydrogen-bond donors (Lipinski definition) is 2. The van der Waals surface area contributed by atoms with E-state index in [0.29, 0.717) is 19.5 Å². The molecule has 98 valence electrons. The minimum absolute atomic E-state index is 0.155. The van der Waals surface area contributed by atoms with Crippen molar-refractivity contribution in [2.75, 3.05) is 26.2 Å². The molecule has 4 nitrogen and oxygen atoms in total. The first-order chi connectivity index (χ1) is 8.66. The first kappa shape index (κ1) is 13.1. The van der Waals surface area contributed by atoms with Gasteiger partial charge >= 0.3 is 0 Å². The molecule has 0 bridgehead atoms. The molecule has 1 aliphatic heterocycles. The van der Waals surface area contributed by atoms with Crippen molar-refractivity contribution in [1.82, 2.24) is 10.2 Å². The summed E-state index contributed by atoms with van der Waals surface area (Å²) in [5.41, 5.74) is 2.18. The largest absolute Gasteiger partial charge is 0.383 e. The molecule has 0 aliphatic carbocycles. The van der Waals surface area contributed by atoms with E-state index in [9.17, 15) is 9.90 Å². The van der Waals surface area contributed by atoms with E-state index in [-0.39, 0.29) is 5.91 Å². The zero-order chi connectivity index (χ0) is 13.0. The highest BCUT2D eigenvalue weighted by Crippen LogP contribution is 2.08. The molecule has 0 aromatic heterocycles. The maximum atomic E-state index is 12.0. The Morgan fingerprint density at radius 2 is 1.94 bits per heavy atom. The van der Waals surface area contributed by atoms with Gasteiger partial charge in [-0.1, -0.05) is 29.8 Å². The maximum absolute atomic E-state index is 12.0. The van der Waals surface area contributed by atoms with Gasteiger partial charge in [-0.05, 0) is 12.5 Å². The molecule has 4 heteroatoms. The molecule has 1 aliphatic rings. The average molecular weight is 248 g/mol. The molecule has 1 unspecified atom stereocenters. The summed E-state index contributed by atoms with van der Waals surface area (Å²) in [6.07, 6.45) is -0.533. The van der Waals surface area contributed by atoms with Crippen molar-refractivity contribution in [2.45, 2.75) is 19.4 Å². The number of hydrogen-bond acceptors (Lipinski definition) is 3. The molecule has 18 heavy (non-hydrogen) atoms. The highest BCUT2D eigenvalue weighted by Gasteiger charge is 2.23. The quantitative estimate of drug-likeness (QED) is 0.810. The predicted molar refractivity (Wildman–Crippen MR) is 70.3 cm³/mol. The van der Waals surface area contributed by atoms with Gasteiger partial charge in [0.25, 0.3) is 5.91 Å². The van der Waals surface area contributed by atoms with Gasteiger partial charge in [0.05, 0.1) is 0 Å². The van der Waals surface area contributed by atoms with Crippen molar-refractivity contribution in [1.29, 1.82) is 0 Å². The van der Waals surface area contributed by atoms with Crippen molar-refractivity contribution >= 4 is 5.91 Å². The lowest BCUT2D eigenvalue weighted by Crippen LogP contribution is -2.50. The van der Waals surface area contributed by atoms with Crippen LogP contribution in [0.5, 0.6) is 0 Å². The Balaban J connectivity index is 1.92. The van der Waals surface area contributed by atoms with Crippen LogP contribution in [0.15, 0.2) is 24.3 Å². The number of nitrogens with zero attached hydrogens (tertiary/aromatic N) is 1. The van der Waals surface area contributed by atoms with E-state index in [1.165, 1.54) is 5.56 Å². The smallest absolute Gasteiger partial charge is 0.251 e. The molecule has 1 aromatic rings. The summed E-state index contributed by atoms with van der Waals surface area (Å²) in [5.74, 6) is -0.155. The van der Waals surface area contributed by atoms with Crippen LogP contribution in [-0.4, -0.2) is 48.2 Å². The number of rotatable bonds is 3. The Bertz CT molecular complexity index is 397. The molecule has 1 heterocycles. The average Bonchev–Trinajstić information content (AvgIpc) is 2.41. The third kappa shape index (κ3) is 3.31. The number of carbonyl (C=O) groups is 1. The summed E-state index contributed by atoms with van der Waals surface area (Å²) in [4.78, 5) is 13.7. The van der Waals surface area contributed by atoms with Crippen LogP contribution in [0.3, 0.4) is 0 Å². The monoisotopic (exact) mass is 248 g/mol. The van der Waals surface area contributed by atoms with Gasteiger partial charge in [0.15, 0.2) is 0 Å². The molecule has 0 radical (unpaired) electrons. The Morgan fingerprint density at radius 3 is 2.56 bits per heavy atom. The normalized spacial score (nSPS) is 17.6. The van der Waals surface area contributed by atoms with E-state index < -0.39 is 6.10 Å². The SMILES string of the molecule is Cc1ccc(CC(O)C(=O)N2CCNCC2)cc1. The van der Waals surface area contributed by atoms with E-state index in [4.69, 9.17) is 0 Å². The van der Waals surface area contributed by atoms with Crippen LogP contribution in [0.1, 0.15) is 11.1 Å². The van der Waals surface area contributed by atoms with Gasteiger partial charge in [-0.15, -0.1) is 0 Å². The fourth-order valence-electron chi connectivity index (χ4n) is 2.13. The number of nitrogens with one attached hydrogen (secondary N) is 1. The summed E-state index contributed by atoms with van der Waals surface area (Å²) in [5, 5.41) is 13.2. The minimum Gasteiger partial charge on any atom is -0.383 e. The van der Waals surface area contributed by atoms with Gasteiger partial charge in [-0.25, -0.2) is 0 Å². The van der Waals surface area contributed by atoms with E-state index in [0.717, 1.165) is 18.7 Å². The highest BCUT2D eigenvalue weighted by molar-refractivity contribution is 5.81. The van der Waals surface area contributed by atoms with Crippen LogP contribution in [0.2, 0.25) is 0 Å². The Hall–Kier alpha value is -1.39. The third-order valence-electron chi connectivity index (χ3n) is 3.26. The van der Waals surface area contributed by atoms with Crippen molar-refractivity contribution in [3.63, 3.8) is 0 Å². The van der Waals surface area contributed by atoms with Gasteiger partial charge in [0.2, 0.25) is 0 Å². The van der Waals surface area contributed by atoms with Crippen molar-refractivity contribution < 1.29 is 9.90 Å². The van der Waals surface area contributed by atoms with E-state index in [1.807, 2.05) is 31.2 Å². The number of aryl methyl sites for hydroxylation is 1. The second-order valence-corrected chi connectivity index (χ2v) is 4.78. The molecule has 0 saturated carbocycles. The molecule has 1 aromatic carbocycles. The number of aliphatic hydroxyl groups excluding tert-OH is 1. The van der Waals surface area contributed by atoms with Gasteiger partial charge in [0, 0.05) is 32.6 Å². The fraction of sp³-hybridized carbons (Fsp3) is 0.500. The van der Waals surface area contributed by atoms with E-state index in [1.54, 1.807) is 4.90 Å². The standard InChI is InChI=1S/C14H20N2O2/c1-11-2-4-12(5-3-11)10-13(17)14(18)16-8-6-15-7-9-16/h2-5,13,15,17H,6-10H2,1H3. The summed E-state index contributed by atoms with van der Waals surface area (Å²) in [7, 11) is 0. The zero-order valence-electron chi connectivity index (χ0n) is 10.7. The molecular weight excluding hydrogens is 228 g/mol. The van der Waals surface area contributed by atoms with Crippen LogP contribution in [0, 0.1) is 6.92 Å². The minimum atomic E-state index is -0.925. The predicted octanol–water partition coefficient (Wildman–Crippen LogP) is 0.330. The van der Waals surface area contributed by atoms with Crippen molar-refractivity contribution in [3.8, 4) is 0 Å². The lowest BCUT2D eigenvalue weighted by Gasteiger charge is -2.29. The van der Waals surface area contributed by atoms with Gasteiger partial charge < -0.3 is 15.3 Å². The Labute approximate surface area is 108 Å². The number of benzene rings is 1. The van der Waals surface area contributed by atoms with E-state index in [2.05, 4.69) is 5.32 Å². The van der Waals surface area contributed by atoms with E-state index >= 15 is 0 Å². The summed E-state index contributed by atoms with van der Waals surface area (Å²) in [6.45, 7) is 5.01. The second kappa shape index (κ2) is 5.98. The molecule has 0 spiro atoms. The van der Waals surface area contributed by atoms with Crippen LogP contribution < -0.4 is 5.32 Å². The topological polar surface area (TPSA) is 52.6 Å². The first-order valence-electron chi connectivity index (χ1n) is 6.40. The van der Waals surface area contributed by atoms with Gasteiger partial charge in [-0.3, -0.25) is 4.79 Å². The van der Waals surface area contributed by atoms with Crippen LogP contribution >= 0.6 is 0 Å². The number of piperazine rings is 1. The van der Waals surface area contributed by atoms with Gasteiger partial charge in [-0.2, -0.15) is 0 Å². The molecule has 1 amide bonds. The lowest BCUT2D eigenvalue weighted by molar-refractivity contribution is -0.140. The highest BCUT2D eigenvalue weighted by atomic mass is 16.3. The number of aliphatic hydroxyl groups is 1. The lowest BCUT2D eigenvalue weighted by atomic mass is 10.1. The third-order valence-corrected chi connectivity index (χ3v) is 3.26. The maximum Gasteiger partial charge on any atom is 0.251 e. The summed E-state index contributed by atoms with van der Waals surface area (Å²) >= 11 is 0. The molecule has 2 N–H and O–H groups in total. The van der Waals surface area contributed by atoms with Gasteiger partial charge in [0.1, 0.15) is 6.10 Å². The molecule has 2 rings (SSSR count). The van der Waals surface area contributed by atoms with Crippen LogP contribution in [-0.2, 0) is 11.2 Å². The molecule has 1 atom stereocenters. The van der Waals surface area contributed by atoms with Crippen molar-refractivity contribution in [2.24, 2.45) is 0 Å². The number of carbonyl (C=O) groups excluding carboxylic acids is 1. The van der Waals surface area contributed by atoms with Crippen LogP contribution in [0.25, 0.3) is 0 Å². The second-order valence-electron chi connectivity index (χ2n) is 4.78. The van der Waals surface area contributed by atoms with Crippen molar-refractivity contribution in [3.05, 3.63) is 35.4 Å². The Morgan fingerprint density at radius 1 is 1.33 bits per heavy atom. The molecule has 1 fully saturated rings. The Kier molecular flexibility index (Phi) is 4.33. The molecular formula is C14H20N2O2. The first-order valence-corrected chi connectivity index (χ1v) is 6.40.